The van der Waals surface area contributed by atoms with Gasteiger partial charge in [0.15, 0.2) is 16.2 Å². The van der Waals surface area contributed by atoms with Crippen molar-refractivity contribution in [3.8, 4) is 11.5 Å². The number of benzene rings is 3. The van der Waals surface area contributed by atoms with Crippen molar-refractivity contribution >= 4 is 56.5 Å². The van der Waals surface area contributed by atoms with E-state index in [2.05, 4.69) is 0 Å². The lowest BCUT2D eigenvalue weighted by Crippen LogP contribution is -2.38. The van der Waals surface area contributed by atoms with Gasteiger partial charge in [-0.25, -0.2) is 0 Å². The Bertz CT molecular complexity index is 1200. The van der Waals surface area contributed by atoms with Crippen LogP contribution < -0.4 is 0 Å². The summed E-state index contributed by atoms with van der Waals surface area (Å²) in [5.74, 6) is -1.70. The van der Waals surface area contributed by atoms with E-state index in [9.17, 15) is 23.2 Å². The van der Waals surface area contributed by atoms with Gasteiger partial charge in [-0.2, -0.15) is 8.42 Å². The Morgan fingerprint density at radius 3 is 1.90 bits per heavy atom. The molecule has 5 nitrogen and oxygen atoms in total. The lowest BCUT2D eigenvalue weighted by atomic mass is 9.83. The second-order valence-corrected chi connectivity index (χ2v) is 9.23. The van der Waals surface area contributed by atoms with Crippen LogP contribution in [0.25, 0.3) is 0 Å². The van der Waals surface area contributed by atoms with Crippen LogP contribution in [0.5, 0.6) is 11.5 Å². The summed E-state index contributed by atoms with van der Waals surface area (Å²) in [4.78, 5) is 0. The number of hydrogen-bond donors (Lipinski definition) is 3. The summed E-state index contributed by atoms with van der Waals surface area (Å²) < 4.78 is 33.9. The second-order valence-electron chi connectivity index (χ2n) is 6.07. The highest BCUT2D eigenvalue weighted by atomic mass is 35.5. The van der Waals surface area contributed by atoms with Crippen molar-refractivity contribution in [3.05, 3.63) is 91.4 Å². The Kier molecular flexibility index (Phi) is 5.98. The lowest BCUT2D eigenvalue weighted by Gasteiger charge is -2.33. The van der Waals surface area contributed by atoms with E-state index in [1.165, 1.54) is 30.3 Å². The van der Waals surface area contributed by atoms with E-state index < -0.39 is 31.9 Å². The van der Waals surface area contributed by atoms with Gasteiger partial charge in [0.25, 0.3) is 10.1 Å². The van der Waals surface area contributed by atoms with Crippen molar-refractivity contribution in [1.29, 1.82) is 0 Å². The molecule has 3 rings (SSSR count). The largest absolute Gasteiger partial charge is 0.504 e. The third-order valence-electron chi connectivity index (χ3n) is 4.44. The quantitative estimate of drug-likeness (QED) is 0.239. The maximum absolute atomic E-state index is 12.9. The Hall–Kier alpha value is -1.67. The van der Waals surface area contributed by atoms with E-state index in [-0.39, 0.29) is 31.2 Å². The van der Waals surface area contributed by atoms with Crippen molar-refractivity contribution < 1.29 is 23.2 Å². The Morgan fingerprint density at radius 1 is 0.724 bits per heavy atom. The van der Waals surface area contributed by atoms with Crippen LogP contribution in [0.4, 0.5) is 0 Å². The number of phenols is 2. The fourth-order valence-electron chi connectivity index (χ4n) is 3.17. The molecule has 0 saturated heterocycles. The van der Waals surface area contributed by atoms with E-state index in [1.54, 1.807) is 18.2 Å². The molecule has 0 saturated carbocycles. The number of hydrogen-bond acceptors (Lipinski definition) is 4. The van der Waals surface area contributed by atoms with Crippen LogP contribution in [0.15, 0.2) is 54.6 Å². The van der Waals surface area contributed by atoms with Crippen LogP contribution in [-0.4, -0.2) is 23.2 Å². The number of aromatic hydroxyl groups is 2. The minimum Gasteiger partial charge on any atom is -0.504 e. The van der Waals surface area contributed by atoms with Crippen molar-refractivity contribution in [1.82, 2.24) is 0 Å². The molecule has 0 aliphatic carbocycles. The Morgan fingerprint density at radius 2 is 1.34 bits per heavy atom. The lowest BCUT2D eigenvalue weighted by molar-refractivity contribution is 0.394. The Labute approximate surface area is 186 Å². The molecule has 0 aromatic heterocycles. The van der Waals surface area contributed by atoms with Crippen LogP contribution in [0.2, 0.25) is 20.1 Å². The zero-order valence-electron chi connectivity index (χ0n) is 14.3. The maximum Gasteiger partial charge on any atom is 0.283 e. The normalized spacial score (nSPS) is 13.8. The maximum atomic E-state index is 12.9. The topological polar surface area (TPSA) is 94.8 Å². The third kappa shape index (κ3) is 3.54. The molecule has 1 unspecified atom stereocenters. The van der Waals surface area contributed by atoms with Crippen LogP contribution in [0, 0.1) is 0 Å². The highest BCUT2D eigenvalue weighted by Crippen LogP contribution is 2.52. The molecule has 10 heteroatoms. The number of rotatable bonds is 4. The van der Waals surface area contributed by atoms with Crippen molar-refractivity contribution in [2.75, 3.05) is 0 Å². The molecule has 0 aliphatic rings. The molecule has 0 amide bonds. The minimum atomic E-state index is -5.06. The molecule has 152 valence electrons. The first kappa shape index (κ1) is 22.0. The fraction of sp³-hybridized carbons (Fsp3) is 0.0526. The molecule has 0 radical (unpaired) electrons. The molecule has 29 heavy (non-hydrogen) atoms. The molecule has 0 heterocycles. The smallest absolute Gasteiger partial charge is 0.283 e. The van der Waals surface area contributed by atoms with Gasteiger partial charge >= 0.3 is 0 Å². The molecule has 0 spiro atoms. The average molecular weight is 494 g/mol. The van der Waals surface area contributed by atoms with E-state index in [4.69, 9.17) is 46.4 Å². The van der Waals surface area contributed by atoms with E-state index in [0.29, 0.717) is 0 Å². The van der Waals surface area contributed by atoms with Gasteiger partial charge in [0, 0.05) is 5.56 Å². The number of halogens is 4. The molecule has 3 aromatic rings. The van der Waals surface area contributed by atoms with Gasteiger partial charge in [0.05, 0.1) is 15.1 Å². The first-order valence-electron chi connectivity index (χ1n) is 7.90. The summed E-state index contributed by atoms with van der Waals surface area (Å²) in [6, 6.07) is 12.5. The molecule has 3 aromatic carbocycles. The zero-order chi connectivity index (χ0) is 21.6. The molecule has 0 aliphatic heterocycles. The standard InChI is InChI=1S/C19H12Cl4O5S/c20-13-7-6-11(8-14(13)21)19(29(26,27)28,10-4-2-1-3-5-10)12-9-15(22)16(23)18(25)17(12)24/h1-9,24-25H,(H,26,27,28). The van der Waals surface area contributed by atoms with Crippen LogP contribution in [-0.2, 0) is 14.9 Å². The summed E-state index contributed by atoms with van der Waals surface area (Å²) in [6.07, 6.45) is 0. The van der Waals surface area contributed by atoms with Crippen molar-refractivity contribution in [3.63, 3.8) is 0 Å². The second kappa shape index (κ2) is 7.87. The molecule has 1 atom stereocenters. The molecule has 3 N–H and O–H groups in total. The molecule has 0 fully saturated rings. The van der Waals surface area contributed by atoms with E-state index in [1.807, 2.05) is 0 Å². The summed E-state index contributed by atoms with van der Waals surface area (Å²) >= 11 is 24.0. The first-order valence-corrected chi connectivity index (χ1v) is 10.9. The summed E-state index contributed by atoms with van der Waals surface area (Å²) in [5.41, 5.74) is -0.417. The Balaban J connectivity index is 2.60. The first-order chi connectivity index (χ1) is 13.5. The molecule has 0 bridgehead atoms. The van der Waals surface area contributed by atoms with E-state index >= 15 is 0 Å². The fourth-order valence-corrected chi connectivity index (χ4v) is 5.11. The summed E-state index contributed by atoms with van der Waals surface area (Å²) in [5, 5.41) is 20.4. The van der Waals surface area contributed by atoms with Gasteiger partial charge in [-0.3, -0.25) is 4.55 Å². The van der Waals surface area contributed by atoms with Crippen molar-refractivity contribution in [2.45, 2.75) is 4.75 Å². The van der Waals surface area contributed by atoms with Gasteiger partial charge in [-0.1, -0.05) is 82.8 Å². The van der Waals surface area contributed by atoms with Gasteiger partial charge in [0.1, 0.15) is 5.02 Å². The molecular formula is C19H12Cl4O5S. The molecular weight excluding hydrogens is 482 g/mol. The number of phenolic OH excluding ortho intramolecular Hbond substituents is 2. The van der Waals surface area contributed by atoms with Gasteiger partial charge in [-0.15, -0.1) is 0 Å². The van der Waals surface area contributed by atoms with Crippen molar-refractivity contribution in [2.24, 2.45) is 0 Å². The highest BCUT2D eigenvalue weighted by Gasteiger charge is 2.51. The average Bonchev–Trinajstić information content (AvgIpc) is 2.67. The van der Waals surface area contributed by atoms with Crippen LogP contribution in [0.1, 0.15) is 16.7 Å². The summed E-state index contributed by atoms with van der Waals surface area (Å²) in [6.45, 7) is 0. The third-order valence-corrected chi connectivity index (χ3v) is 7.42. The SMILES string of the molecule is O=S(=O)(O)C(c1ccccc1)(c1ccc(Cl)c(Cl)c1)c1cc(Cl)c(Cl)c(O)c1O. The predicted octanol–water partition coefficient (Wildman–Crippen LogP) is 5.89. The zero-order valence-corrected chi connectivity index (χ0v) is 18.1. The van der Waals surface area contributed by atoms with Crippen LogP contribution >= 0.6 is 46.4 Å². The highest BCUT2D eigenvalue weighted by molar-refractivity contribution is 7.87. The monoisotopic (exact) mass is 492 g/mol. The van der Waals surface area contributed by atoms with Gasteiger partial charge in [0.2, 0.25) is 0 Å². The minimum absolute atomic E-state index is 0.0110. The van der Waals surface area contributed by atoms with Crippen LogP contribution in [0.3, 0.4) is 0 Å². The predicted molar refractivity (Wildman–Crippen MR) is 114 cm³/mol. The van der Waals surface area contributed by atoms with Gasteiger partial charge < -0.3 is 10.2 Å². The summed E-state index contributed by atoms with van der Waals surface area (Å²) in [7, 11) is -5.06. The van der Waals surface area contributed by atoms with Gasteiger partial charge in [-0.05, 0) is 29.3 Å². The van der Waals surface area contributed by atoms with E-state index in [0.717, 1.165) is 6.07 Å².